The molecule has 3 aromatic rings. The summed E-state index contributed by atoms with van der Waals surface area (Å²) in [5, 5.41) is 7.66. The molecular weight excluding hydrogens is 343 g/mol. The first-order valence-electron chi connectivity index (χ1n) is 8.02. The van der Waals surface area contributed by atoms with E-state index < -0.39 is 11.9 Å². The van der Waals surface area contributed by atoms with Crippen LogP contribution in [0.1, 0.15) is 11.3 Å². The summed E-state index contributed by atoms with van der Waals surface area (Å²) < 4.78 is 40.6. The first kappa shape index (κ1) is 16.4. The van der Waals surface area contributed by atoms with Crippen LogP contribution in [0, 0.1) is 0 Å². The normalized spacial score (nSPS) is 13.3. The fourth-order valence-electron chi connectivity index (χ4n) is 3.12. The second-order valence-corrected chi connectivity index (χ2v) is 6.18. The second kappa shape index (κ2) is 5.76. The predicted molar refractivity (Wildman–Crippen MR) is 93.5 cm³/mol. The Labute approximate surface area is 148 Å². The molecule has 1 N–H and O–H groups in total. The van der Waals surface area contributed by atoms with Gasteiger partial charge >= 0.3 is 6.18 Å². The molecule has 8 heteroatoms. The molecule has 3 heterocycles. The molecule has 0 atom stereocenters. The highest BCUT2D eigenvalue weighted by Crippen LogP contribution is 2.35. The van der Waals surface area contributed by atoms with Crippen molar-refractivity contribution in [3.05, 3.63) is 53.9 Å². The Morgan fingerprint density at radius 2 is 1.92 bits per heavy atom. The Balaban J connectivity index is 1.81. The molecule has 5 nitrogen and oxygen atoms in total. The monoisotopic (exact) mass is 359 g/mol. The Morgan fingerprint density at radius 1 is 1.12 bits per heavy atom. The van der Waals surface area contributed by atoms with Gasteiger partial charge in [0.15, 0.2) is 0 Å². The van der Waals surface area contributed by atoms with E-state index in [0.29, 0.717) is 17.8 Å². The molecule has 4 rings (SSSR count). The highest BCUT2D eigenvalue weighted by molar-refractivity contribution is 5.68. The third kappa shape index (κ3) is 2.67. The average Bonchev–Trinajstić information content (AvgIpc) is 3.07. The number of halogens is 3. The molecule has 0 aliphatic carbocycles. The highest BCUT2D eigenvalue weighted by Gasteiger charge is 2.33. The van der Waals surface area contributed by atoms with Gasteiger partial charge in [0.25, 0.3) is 0 Å². The molecule has 0 spiro atoms. The molecule has 1 aromatic carbocycles. The lowest BCUT2D eigenvalue weighted by atomic mass is 10.1. The van der Waals surface area contributed by atoms with Crippen molar-refractivity contribution in [3.8, 4) is 16.9 Å². The summed E-state index contributed by atoms with van der Waals surface area (Å²) in [6.07, 6.45) is -3.32. The molecule has 0 bridgehead atoms. The number of aromatic nitrogens is 3. The standard InChI is InChI=1S/C18H16F3N5/c1-22-13-3-4-15-12(7-13)10-25(2)17-9-14(24-26(15)17)11-5-6-23-16(8-11)18(19,20)21/h3-9,22H,10H2,1-2H3. The van der Waals surface area contributed by atoms with E-state index >= 15 is 0 Å². The van der Waals surface area contributed by atoms with Crippen LogP contribution in [0.3, 0.4) is 0 Å². The molecule has 0 saturated heterocycles. The van der Waals surface area contributed by atoms with E-state index in [1.165, 1.54) is 6.07 Å². The van der Waals surface area contributed by atoms with Crippen molar-refractivity contribution in [3.63, 3.8) is 0 Å². The summed E-state index contributed by atoms with van der Waals surface area (Å²) >= 11 is 0. The topological polar surface area (TPSA) is 46.0 Å². The van der Waals surface area contributed by atoms with Crippen molar-refractivity contribution in [2.75, 3.05) is 24.3 Å². The maximum Gasteiger partial charge on any atom is 0.433 e. The largest absolute Gasteiger partial charge is 0.433 e. The summed E-state index contributed by atoms with van der Waals surface area (Å²) in [7, 11) is 3.79. The Hall–Kier alpha value is -3.03. The number of pyridine rings is 1. The third-order valence-electron chi connectivity index (χ3n) is 4.43. The van der Waals surface area contributed by atoms with Gasteiger partial charge < -0.3 is 10.2 Å². The van der Waals surface area contributed by atoms with E-state index in [0.717, 1.165) is 35.0 Å². The first-order valence-corrected chi connectivity index (χ1v) is 8.02. The third-order valence-corrected chi connectivity index (χ3v) is 4.43. The summed E-state index contributed by atoms with van der Waals surface area (Å²) in [5.74, 6) is 0.829. The van der Waals surface area contributed by atoms with Crippen LogP contribution in [0.15, 0.2) is 42.6 Å². The van der Waals surface area contributed by atoms with Crippen LogP contribution in [0.4, 0.5) is 24.7 Å². The lowest BCUT2D eigenvalue weighted by Gasteiger charge is -2.27. The van der Waals surface area contributed by atoms with Crippen LogP contribution in [0.25, 0.3) is 16.9 Å². The van der Waals surface area contributed by atoms with Gasteiger partial charge in [0.05, 0.1) is 11.4 Å². The smallest absolute Gasteiger partial charge is 0.388 e. The maximum atomic E-state index is 12.9. The molecule has 134 valence electrons. The molecule has 0 unspecified atom stereocenters. The number of benzene rings is 1. The fraction of sp³-hybridized carbons (Fsp3) is 0.222. The Kier molecular flexibility index (Phi) is 3.64. The van der Waals surface area contributed by atoms with Crippen LogP contribution in [0.5, 0.6) is 0 Å². The first-order chi connectivity index (χ1) is 12.4. The van der Waals surface area contributed by atoms with Crippen molar-refractivity contribution in [2.24, 2.45) is 0 Å². The van der Waals surface area contributed by atoms with Gasteiger partial charge in [-0.2, -0.15) is 18.3 Å². The van der Waals surface area contributed by atoms with Gasteiger partial charge in [-0.3, -0.25) is 4.98 Å². The van der Waals surface area contributed by atoms with Crippen molar-refractivity contribution in [2.45, 2.75) is 12.7 Å². The number of nitrogens with zero attached hydrogens (tertiary/aromatic N) is 4. The van der Waals surface area contributed by atoms with E-state index in [1.54, 1.807) is 10.7 Å². The minimum atomic E-state index is -4.48. The SMILES string of the molecule is CNc1ccc2c(c1)CN(C)c1cc(-c3ccnc(C(F)(F)F)c3)nn1-2. The number of rotatable bonds is 2. The highest BCUT2D eigenvalue weighted by atomic mass is 19.4. The predicted octanol–water partition coefficient (Wildman–Crippen LogP) is 3.94. The maximum absolute atomic E-state index is 12.9. The lowest BCUT2D eigenvalue weighted by Crippen LogP contribution is -2.25. The minimum Gasteiger partial charge on any atom is -0.388 e. The van der Waals surface area contributed by atoms with Gasteiger partial charge in [-0.1, -0.05) is 0 Å². The zero-order valence-corrected chi connectivity index (χ0v) is 14.2. The van der Waals surface area contributed by atoms with E-state index in [4.69, 9.17) is 0 Å². The van der Waals surface area contributed by atoms with Crippen molar-refractivity contribution in [1.29, 1.82) is 0 Å². The van der Waals surface area contributed by atoms with Crippen LogP contribution >= 0.6 is 0 Å². The Morgan fingerprint density at radius 3 is 2.65 bits per heavy atom. The van der Waals surface area contributed by atoms with Gasteiger partial charge in [0.2, 0.25) is 0 Å². The number of nitrogens with one attached hydrogen (secondary N) is 1. The number of fused-ring (bicyclic) bond motifs is 3. The van der Waals surface area contributed by atoms with Crippen molar-refractivity contribution < 1.29 is 13.2 Å². The minimum absolute atomic E-state index is 0.385. The summed E-state index contributed by atoms with van der Waals surface area (Å²) in [6, 6.07) is 10.3. The summed E-state index contributed by atoms with van der Waals surface area (Å²) in [6.45, 7) is 0.695. The van der Waals surface area contributed by atoms with Crippen LogP contribution in [-0.4, -0.2) is 28.9 Å². The molecule has 0 radical (unpaired) electrons. The van der Waals surface area contributed by atoms with Crippen LogP contribution in [0.2, 0.25) is 0 Å². The van der Waals surface area contributed by atoms with E-state index in [-0.39, 0.29) is 0 Å². The molecular formula is C18H16F3N5. The average molecular weight is 359 g/mol. The molecule has 1 aliphatic heterocycles. The van der Waals surface area contributed by atoms with Gasteiger partial charge in [0, 0.05) is 44.2 Å². The lowest BCUT2D eigenvalue weighted by molar-refractivity contribution is -0.141. The van der Waals surface area contributed by atoms with Crippen LogP contribution < -0.4 is 10.2 Å². The van der Waals surface area contributed by atoms with Crippen molar-refractivity contribution >= 4 is 11.5 Å². The van der Waals surface area contributed by atoms with E-state index in [9.17, 15) is 13.2 Å². The van der Waals surface area contributed by atoms with E-state index in [2.05, 4.69) is 15.4 Å². The Bertz CT molecular complexity index is 977. The molecule has 26 heavy (non-hydrogen) atoms. The zero-order chi connectivity index (χ0) is 18.5. The molecule has 2 aromatic heterocycles. The van der Waals surface area contributed by atoms with Gasteiger partial charge in [-0.25, -0.2) is 4.68 Å². The molecule has 1 aliphatic rings. The zero-order valence-electron chi connectivity index (χ0n) is 14.2. The second-order valence-electron chi connectivity index (χ2n) is 6.18. The number of anilines is 2. The number of alkyl halides is 3. The van der Waals surface area contributed by atoms with Gasteiger partial charge in [0.1, 0.15) is 11.5 Å². The molecule has 0 amide bonds. The number of hydrogen-bond donors (Lipinski definition) is 1. The number of hydrogen-bond acceptors (Lipinski definition) is 4. The quantitative estimate of drug-likeness (QED) is 0.753. The van der Waals surface area contributed by atoms with Crippen molar-refractivity contribution in [1.82, 2.24) is 14.8 Å². The van der Waals surface area contributed by atoms with Gasteiger partial charge in [-0.15, -0.1) is 0 Å². The fourth-order valence-corrected chi connectivity index (χ4v) is 3.12. The van der Waals surface area contributed by atoms with Crippen LogP contribution in [-0.2, 0) is 12.7 Å². The molecule has 0 fully saturated rings. The van der Waals surface area contributed by atoms with Gasteiger partial charge in [-0.05, 0) is 35.9 Å². The summed E-state index contributed by atoms with van der Waals surface area (Å²) in [4.78, 5) is 5.43. The molecule has 0 saturated carbocycles. The summed E-state index contributed by atoms with van der Waals surface area (Å²) in [5.41, 5.74) is 2.95. The van der Waals surface area contributed by atoms with E-state index in [1.807, 2.05) is 37.2 Å².